The third kappa shape index (κ3) is 2.22. The molecule has 0 unspecified atom stereocenters. The lowest BCUT2D eigenvalue weighted by molar-refractivity contribution is 0.206. The first kappa shape index (κ1) is 11.5. The van der Waals surface area contributed by atoms with Crippen LogP contribution >= 0.6 is 0 Å². The summed E-state index contributed by atoms with van der Waals surface area (Å²) in [6, 6.07) is 4.21. The van der Waals surface area contributed by atoms with Crippen LogP contribution in [-0.4, -0.2) is 6.10 Å². The molecule has 1 fully saturated rings. The lowest BCUT2D eigenvalue weighted by Crippen LogP contribution is -2.14. The maximum absolute atomic E-state index is 6.13. The van der Waals surface area contributed by atoms with Gasteiger partial charge in [-0.05, 0) is 50.7 Å². The highest BCUT2D eigenvalue weighted by atomic mass is 16.5. The molecule has 2 heteroatoms. The van der Waals surface area contributed by atoms with Gasteiger partial charge >= 0.3 is 0 Å². The molecule has 2 rings (SSSR count). The molecule has 1 aromatic rings. The largest absolute Gasteiger partial charge is 0.490 e. The lowest BCUT2D eigenvalue weighted by Gasteiger charge is -2.19. The second kappa shape index (κ2) is 4.88. The fraction of sp³-hybridized carbons (Fsp3) is 0.571. The van der Waals surface area contributed by atoms with Gasteiger partial charge < -0.3 is 10.5 Å². The fourth-order valence-electron chi connectivity index (χ4n) is 2.34. The van der Waals surface area contributed by atoms with E-state index < -0.39 is 0 Å². The van der Waals surface area contributed by atoms with E-state index in [4.69, 9.17) is 10.5 Å². The van der Waals surface area contributed by atoms with E-state index in [1.54, 1.807) is 0 Å². The summed E-state index contributed by atoms with van der Waals surface area (Å²) in [6.45, 7) is 4.80. The van der Waals surface area contributed by atoms with Crippen LogP contribution in [0.1, 0.15) is 42.4 Å². The van der Waals surface area contributed by atoms with E-state index in [2.05, 4.69) is 26.0 Å². The summed E-state index contributed by atoms with van der Waals surface area (Å²) >= 11 is 0. The molecule has 0 radical (unpaired) electrons. The number of ether oxygens (including phenoxy) is 1. The van der Waals surface area contributed by atoms with Crippen molar-refractivity contribution in [2.45, 2.75) is 52.2 Å². The van der Waals surface area contributed by atoms with Crippen molar-refractivity contribution in [2.24, 2.45) is 5.73 Å². The first-order valence-corrected chi connectivity index (χ1v) is 6.18. The molecule has 1 aliphatic rings. The second-order valence-corrected chi connectivity index (χ2v) is 4.72. The van der Waals surface area contributed by atoms with E-state index >= 15 is 0 Å². The second-order valence-electron chi connectivity index (χ2n) is 4.72. The number of nitrogens with two attached hydrogens (primary N) is 1. The zero-order valence-corrected chi connectivity index (χ0v) is 10.3. The molecule has 0 saturated heterocycles. The number of benzene rings is 1. The minimum Gasteiger partial charge on any atom is -0.490 e. The zero-order chi connectivity index (χ0) is 11.5. The van der Waals surface area contributed by atoms with E-state index in [-0.39, 0.29) is 0 Å². The van der Waals surface area contributed by atoms with Gasteiger partial charge in [-0.2, -0.15) is 0 Å². The van der Waals surface area contributed by atoms with Crippen LogP contribution in [0.15, 0.2) is 12.1 Å². The van der Waals surface area contributed by atoms with E-state index in [9.17, 15) is 0 Å². The van der Waals surface area contributed by atoms with Crippen molar-refractivity contribution in [3.05, 3.63) is 28.8 Å². The van der Waals surface area contributed by atoms with Crippen molar-refractivity contribution in [1.29, 1.82) is 0 Å². The molecule has 1 saturated carbocycles. The van der Waals surface area contributed by atoms with Crippen LogP contribution in [0, 0.1) is 13.8 Å². The third-order valence-electron chi connectivity index (χ3n) is 3.56. The fourth-order valence-corrected chi connectivity index (χ4v) is 2.34. The highest BCUT2D eigenvalue weighted by Gasteiger charge is 2.19. The smallest absolute Gasteiger partial charge is 0.127 e. The Balaban J connectivity index is 2.25. The normalized spacial score (nSPS) is 16.7. The van der Waals surface area contributed by atoms with Crippen molar-refractivity contribution in [3.63, 3.8) is 0 Å². The lowest BCUT2D eigenvalue weighted by atomic mass is 10.0. The standard InChI is InChI=1S/C14H21NO/c1-10-7-8-12(9-15)14(11(10)2)16-13-5-3-4-6-13/h7-8,13H,3-6,9,15H2,1-2H3. The average Bonchev–Trinajstić information content (AvgIpc) is 2.78. The van der Waals surface area contributed by atoms with Gasteiger partial charge in [0, 0.05) is 12.1 Å². The monoisotopic (exact) mass is 219 g/mol. The van der Waals surface area contributed by atoms with E-state index in [1.807, 2.05) is 0 Å². The first-order valence-electron chi connectivity index (χ1n) is 6.18. The summed E-state index contributed by atoms with van der Waals surface area (Å²) in [5.74, 6) is 1.04. The van der Waals surface area contributed by atoms with Crippen LogP contribution in [0.3, 0.4) is 0 Å². The third-order valence-corrected chi connectivity index (χ3v) is 3.56. The molecule has 0 heterocycles. The van der Waals surface area contributed by atoms with Gasteiger partial charge in [-0.15, -0.1) is 0 Å². The molecule has 1 aliphatic carbocycles. The summed E-state index contributed by atoms with van der Waals surface area (Å²) in [6.07, 6.45) is 5.39. The first-order chi connectivity index (χ1) is 7.72. The minimum absolute atomic E-state index is 0.408. The summed E-state index contributed by atoms with van der Waals surface area (Å²) in [5, 5.41) is 0. The van der Waals surface area contributed by atoms with Gasteiger partial charge in [0.05, 0.1) is 6.10 Å². The van der Waals surface area contributed by atoms with E-state index in [1.165, 1.54) is 36.8 Å². The van der Waals surface area contributed by atoms with Gasteiger partial charge in [0.15, 0.2) is 0 Å². The molecule has 2 nitrogen and oxygen atoms in total. The molecule has 2 N–H and O–H groups in total. The number of aryl methyl sites for hydroxylation is 1. The van der Waals surface area contributed by atoms with Crippen molar-refractivity contribution < 1.29 is 4.74 Å². The number of hydrogen-bond acceptors (Lipinski definition) is 2. The maximum atomic E-state index is 6.13. The van der Waals surface area contributed by atoms with Gasteiger partial charge in [0.1, 0.15) is 5.75 Å². The highest BCUT2D eigenvalue weighted by molar-refractivity contribution is 5.45. The molecular weight excluding hydrogens is 198 g/mol. The summed E-state index contributed by atoms with van der Waals surface area (Å²) in [7, 11) is 0. The quantitative estimate of drug-likeness (QED) is 0.848. The Morgan fingerprint density at radius 2 is 1.94 bits per heavy atom. The topological polar surface area (TPSA) is 35.2 Å². The molecule has 88 valence electrons. The molecule has 0 atom stereocenters. The Kier molecular flexibility index (Phi) is 3.49. The molecule has 1 aromatic carbocycles. The molecule has 0 bridgehead atoms. The molecular formula is C14H21NO. The highest BCUT2D eigenvalue weighted by Crippen LogP contribution is 2.31. The van der Waals surface area contributed by atoms with Crippen LogP contribution in [0.2, 0.25) is 0 Å². The van der Waals surface area contributed by atoms with Crippen molar-refractivity contribution in [1.82, 2.24) is 0 Å². The van der Waals surface area contributed by atoms with Gasteiger partial charge in [0.2, 0.25) is 0 Å². The Morgan fingerprint density at radius 3 is 2.56 bits per heavy atom. The molecule has 0 aliphatic heterocycles. The minimum atomic E-state index is 0.408. The summed E-state index contributed by atoms with van der Waals surface area (Å²) in [4.78, 5) is 0. The Hall–Kier alpha value is -1.02. The number of rotatable bonds is 3. The van der Waals surface area contributed by atoms with Gasteiger partial charge in [-0.3, -0.25) is 0 Å². The van der Waals surface area contributed by atoms with Gasteiger partial charge in [-0.25, -0.2) is 0 Å². The van der Waals surface area contributed by atoms with Crippen LogP contribution in [0.25, 0.3) is 0 Å². The predicted octanol–water partition coefficient (Wildman–Crippen LogP) is 3.08. The van der Waals surface area contributed by atoms with Crippen LogP contribution in [0.4, 0.5) is 0 Å². The van der Waals surface area contributed by atoms with Crippen LogP contribution in [0.5, 0.6) is 5.75 Å². The van der Waals surface area contributed by atoms with Crippen LogP contribution < -0.4 is 10.5 Å². The van der Waals surface area contributed by atoms with Gasteiger partial charge in [-0.1, -0.05) is 12.1 Å². The van der Waals surface area contributed by atoms with E-state index in [0.717, 1.165) is 11.3 Å². The Morgan fingerprint density at radius 1 is 1.25 bits per heavy atom. The maximum Gasteiger partial charge on any atom is 0.127 e. The summed E-state index contributed by atoms with van der Waals surface area (Å²) < 4.78 is 6.13. The van der Waals surface area contributed by atoms with Crippen LogP contribution in [-0.2, 0) is 6.54 Å². The average molecular weight is 219 g/mol. The Bertz CT molecular complexity index is 367. The zero-order valence-electron chi connectivity index (χ0n) is 10.3. The van der Waals surface area contributed by atoms with Crippen molar-refractivity contribution in [3.8, 4) is 5.75 Å². The molecule has 0 spiro atoms. The van der Waals surface area contributed by atoms with Gasteiger partial charge in [0.25, 0.3) is 0 Å². The van der Waals surface area contributed by atoms with E-state index in [0.29, 0.717) is 12.6 Å². The molecule has 16 heavy (non-hydrogen) atoms. The SMILES string of the molecule is Cc1ccc(CN)c(OC2CCCC2)c1C. The predicted molar refractivity (Wildman–Crippen MR) is 66.7 cm³/mol. The van der Waals surface area contributed by atoms with Crippen molar-refractivity contribution >= 4 is 0 Å². The number of hydrogen-bond donors (Lipinski definition) is 1. The Labute approximate surface area is 97.8 Å². The van der Waals surface area contributed by atoms with Crippen molar-refractivity contribution in [2.75, 3.05) is 0 Å². The molecule has 0 amide bonds. The molecule has 0 aromatic heterocycles. The summed E-state index contributed by atoms with van der Waals surface area (Å²) in [5.41, 5.74) is 9.43.